The minimum absolute atomic E-state index is 0.0937. The van der Waals surface area contributed by atoms with Gasteiger partial charge in [-0.25, -0.2) is 0 Å². The van der Waals surface area contributed by atoms with E-state index in [-0.39, 0.29) is 11.8 Å². The van der Waals surface area contributed by atoms with Crippen molar-refractivity contribution in [1.82, 2.24) is 0 Å². The van der Waals surface area contributed by atoms with Crippen LogP contribution in [0.15, 0.2) is 0 Å². The Morgan fingerprint density at radius 2 is 1.86 bits per heavy atom. The summed E-state index contributed by atoms with van der Waals surface area (Å²) in [6.07, 6.45) is 1.58. The Morgan fingerprint density at radius 1 is 1.29 bits per heavy atom. The molecule has 2 atom stereocenters. The standard InChI is InChI=1S/C11H20O3/c1-5-8(3)7-10(9(4)12)11(13)14-6-2/h8,10H,5-7H2,1-4H3/t8-,10+/m0/s1. The van der Waals surface area contributed by atoms with Crippen LogP contribution >= 0.6 is 0 Å². The van der Waals surface area contributed by atoms with Gasteiger partial charge in [-0.05, 0) is 26.2 Å². The fourth-order valence-electron chi connectivity index (χ4n) is 1.24. The van der Waals surface area contributed by atoms with Gasteiger partial charge in [-0.15, -0.1) is 0 Å². The van der Waals surface area contributed by atoms with E-state index in [1.807, 2.05) is 13.8 Å². The van der Waals surface area contributed by atoms with Gasteiger partial charge in [-0.2, -0.15) is 0 Å². The topological polar surface area (TPSA) is 43.4 Å². The number of ketones is 1. The highest BCUT2D eigenvalue weighted by molar-refractivity contribution is 5.97. The highest BCUT2D eigenvalue weighted by Crippen LogP contribution is 2.17. The molecule has 0 aliphatic carbocycles. The molecule has 0 spiro atoms. The van der Waals surface area contributed by atoms with Gasteiger partial charge < -0.3 is 4.74 Å². The van der Waals surface area contributed by atoms with Crippen molar-refractivity contribution in [2.75, 3.05) is 6.61 Å². The molecule has 0 aromatic rings. The first kappa shape index (κ1) is 13.1. The molecule has 0 heterocycles. The first-order valence-electron chi connectivity index (χ1n) is 5.19. The van der Waals surface area contributed by atoms with Gasteiger partial charge in [-0.3, -0.25) is 9.59 Å². The summed E-state index contributed by atoms with van der Waals surface area (Å²) in [4.78, 5) is 22.6. The lowest BCUT2D eigenvalue weighted by Gasteiger charge is -2.15. The Labute approximate surface area is 85.8 Å². The number of ether oxygens (including phenoxy) is 1. The van der Waals surface area contributed by atoms with Crippen molar-refractivity contribution in [3.8, 4) is 0 Å². The zero-order valence-corrected chi connectivity index (χ0v) is 9.50. The lowest BCUT2D eigenvalue weighted by atomic mass is 9.91. The third kappa shape index (κ3) is 4.40. The normalized spacial score (nSPS) is 14.6. The lowest BCUT2D eigenvalue weighted by Crippen LogP contribution is -2.26. The molecule has 0 fully saturated rings. The van der Waals surface area contributed by atoms with Gasteiger partial charge >= 0.3 is 5.97 Å². The summed E-state index contributed by atoms with van der Waals surface area (Å²) in [6.45, 7) is 7.62. The molecule has 0 aromatic carbocycles. The second-order valence-electron chi connectivity index (χ2n) is 3.66. The van der Waals surface area contributed by atoms with E-state index in [9.17, 15) is 9.59 Å². The molecule has 0 saturated heterocycles. The fourth-order valence-corrected chi connectivity index (χ4v) is 1.24. The third-order valence-electron chi connectivity index (χ3n) is 2.40. The monoisotopic (exact) mass is 200 g/mol. The number of carbonyl (C=O) groups is 2. The minimum Gasteiger partial charge on any atom is -0.465 e. The molecule has 0 bridgehead atoms. The molecule has 0 unspecified atom stereocenters. The maximum Gasteiger partial charge on any atom is 0.316 e. The molecule has 3 nitrogen and oxygen atoms in total. The quantitative estimate of drug-likeness (QED) is 0.487. The molecule has 0 aromatic heterocycles. The molecule has 82 valence electrons. The first-order chi connectivity index (χ1) is 6.52. The summed E-state index contributed by atoms with van der Waals surface area (Å²) < 4.78 is 4.85. The summed E-state index contributed by atoms with van der Waals surface area (Å²) in [5, 5.41) is 0. The van der Waals surface area contributed by atoms with Crippen LogP contribution in [0.3, 0.4) is 0 Å². The van der Waals surface area contributed by atoms with E-state index in [0.717, 1.165) is 6.42 Å². The van der Waals surface area contributed by atoms with Crippen molar-refractivity contribution in [2.45, 2.75) is 40.5 Å². The van der Waals surface area contributed by atoms with Crippen LogP contribution < -0.4 is 0 Å². The molecule has 0 amide bonds. The van der Waals surface area contributed by atoms with Crippen molar-refractivity contribution >= 4 is 11.8 Å². The second kappa shape index (κ2) is 6.57. The molecular formula is C11H20O3. The van der Waals surface area contributed by atoms with Gasteiger partial charge in [0, 0.05) is 0 Å². The largest absolute Gasteiger partial charge is 0.465 e. The molecular weight excluding hydrogens is 180 g/mol. The second-order valence-corrected chi connectivity index (χ2v) is 3.66. The zero-order valence-electron chi connectivity index (χ0n) is 9.50. The fraction of sp³-hybridized carbons (Fsp3) is 0.818. The van der Waals surface area contributed by atoms with E-state index in [2.05, 4.69) is 0 Å². The maximum atomic E-state index is 11.4. The lowest BCUT2D eigenvalue weighted by molar-refractivity contribution is -0.151. The molecule has 0 radical (unpaired) electrons. The smallest absolute Gasteiger partial charge is 0.316 e. The number of hydrogen-bond donors (Lipinski definition) is 0. The average Bonchev–Trinajstić information content (AvgIpc) is 2.13. The van der Waals surface area contributed by atoms with Crippen LogP contribution in [0, 0.1) is 11.8 Å². The molecule has 3 heteroatoms. The van der Waals surface area contributed by atoms with E-state index in [1.54, 1.807) is 6.92 Å². The predicted octanol–water partition coefficient (Wildman–Crippen LogP) is 2.19. The summed E-state index contributed by atoms with van der Waals surface area (Å²) >= 11 is 0. The Bertz CT molecular complexity index is 199. The highest BCUT2D eigenvalue weighted by atomic mass is 16.5. The van der Waals surface area contributed by atoms with E-state index in [4.69, 9.17) is 4.74 Å². The summed E-state index contributed by atoms with van der Waals surface area (Å²) in [7, 11) is 0. The third-order valence-corrected chi connectivity index (χ3v) is 2.40. The van der Waals surface area contributed by atoms with E-state index in [1.165, 1.54) is 6.92 Å². The SMILES string of the molecule is CCOC(=O)[C@H](C[C@@H](C)CC)C(C)=O. The molecule has 0 N–H and O–H groups in total. The predicted molar refractivity (Wildman–Crippen MR) is 54.9 cm³/mol. The van der Waals surface area contributed by atoms with Gasteiger partial charge in [0.05, 0.1) is 6.61 Å². The van der Waals surface area contributed by atoms with Crippen LogP contribution in [0.1, 0.15) is 40.5 Å². The summed E-state index contributed by atoms with van der Waals surface area (Å²) in [5.74, 6) is -0.651. The number of carbonyl (C=O) groups excluding carboxylic acids is 2. The number of esters is 1. The van der Waals surface area contributed by atoms with Gasteiger partial charge in [0.2, 0.25) is 0 Å². The van der Waals surface area contributed by atoms with Crippen LogP contribution in [0.5, 0.6) is 0 Å². The number of rotatable bonds is 6. The minimum atomic E-state index is -0.565. The van der Waals surface area contributed by atoms with Crippen molar-refractivity contribution in [2.24, 2.45) is 11.8 Å². The Kier molecular flexibility index (Phi) is 6.17. The van der Waals surface area contributed by atoms with Crippen molar-refractivity contribution in [3.05, 3.63) is 0 Å². The highest BCUT2D eigenvalue weighted by Gasteiger charge is 2.25. The van der Waals surface area contributed by atoms with Crippen LogP contribution in [-0.2, 0) is 14.3 Å². The van der Waals surface area contributed by atoms with Crippen molar-refractivity contribution in [3.63, 3.8) is 0 Å². The molecule has 0 aliphatic rings. The Morgan fingerprint density at radius 3 is 2.21 bits per heavy atom. The number of hydrogen-bond acceptors (Lipinski definition) is 3. The Hall–Kier alpha value is -0.860. The van der Waals surface area contributed by atoms with Gasteiger partial charge in [0.15, 0.2) is 0 Å². The van der Waals surface area contributed by atoms with Gasteiger partial charge in [0.1, 0.15) is 11.7 Å². The average molecular weight is 200 g/mol. The van der Waals surface area contributed by atoms with Crippen molar-refractivity contribution < 1.29 is 14.3 Å². The van der Waals surface area contributed by atoms with Gasteiger partial charge in [0.25, 0.3) is 0 Å². The van der Waals surface area contributed by atoms with Crippen LogP contribution in [0.2, 0.25) is 0 Å². The Balaban J connectivity index is 4.29. The maximum absolute atomic E-state index is 11.4. The first-order valence-corrected chi connectivity index (χ1v) is 5.19. The summed E-state index contributed by atoms with van der Waals surface area (Å²) in [5.41, 5.74) is 0. The van der Waals surface area contributed by atoms with E-state index < -0.39 is 5.92 Å². The molecule has 0 aliphatic heterocycles. The molecule has 0 rings (SSSR count). The summed E-state index contributed by atoms with van der Waals surface area (Å²) in [6, 6.07) is 0. The van der Waals surface area contributed by atoms with Crippen LogP contribution in [0.25, 0.3) is 0 Å². The van der Waals surface area contributed by atoms with Crippen molar-refractivity contribution in [1.29, 1.82) is 0 Å². The van der Waals surface area contributed by atoms with Crippen LogP contribution in [-0.4, -0.2) is 18.4 Å². The number of Topliss-reactive ketones (excluding diaryl/α,β-unsaturated/α-hetero) is 1. The van der Waals surface area contributed by atoms with Crippen LogP contribution in [0.4, 0.5) is 0 Å². The zero-order chi connectivity index (χ0) is 11.1. The van der Waals surface area contributed by atoms with E-state index in [0.29, 0.717) is 18.9 Å². The van der Waals surface area contributed by atoms with Gasteiger partial charge in [-0.1, -0.05) is 20.3 Å². The van der Waals surface area contributed by atoms with E-state index >= 15 is 0 Å². The molecule has 0 saturated carbocycles. The molecule has 14 heavy (non-hydrogen) atoms.